The molecule has 0 saturated carbocycles. The molecule has 20 heavy (non-hydrogen) atoms. The van der Waals surface area contributed by atoms with Gasteiger partial charge in [-0.15, -0.1) is 0 Å². The third-order valence-electron chi connectivity index (χ3n) is 3.05. The molecule has 2 heterocycles. The molecule has 0 radical (unpaired) electrons. The summed E-state index contributed by atoms with van der Waals surface area (Å²) in [6.07, 6.45) is 4.31. The number of pyridine rings is 1. The predicted octanol–water partition coefficient (Wildman–Crippen LogP) is 2.88. The average Bonchev–Trinajstić information content (AvgIpc) is 2.84. The zero-order valence-electron chi connectivity index (χ0n) is 12.1. The van der Waals surface area contributed by atoms with E-state index >= 15 is 0 Å². The molecule has 2 rings (SSSR count). The second-order valence-electron chi connectivity index (χ2n) is 5.26. The van der Waals surface area contributed by atoms with Crippen molar-refractivity contribution in [3.63, 3.8) is 0 Å². The van der Waals surface area contributed by atoms with Crippen LogP contribution < -0.4 is 5.32 Å². The minimum Gasteiger partial charge on any atom is -0.307 e. The molecule has 0 aliphatic rings. The Kier molecular flexibility index (Phi) is 4.50. The van der Waals surface area contributed by atoms with Gasteiger partial charge in [0.1, 0.15) is 5.82 Å². The van der Waals surface area contributed by atoms with E-state index < -0.39 is 0 Å². The first-order chi connectivity index (χ1) is 9.56. The molecule has 0 atom stereocenters. The number of nitrogens with zero attached hydrogens (tertiary/aromatic N) is 3. The molecule has 0 unspecified atom stereocenters. The maximum Gasteiger partial charge on any atom is 0.258 e. The Bertz CT molecular complexity index is 572. The number of hydrogen-bond donors (Lipinski definition) is 1. The number of hydrogen-bond acceptors (Lipinski definition) is 3. The Balaban J connectivity index is 2.04. The van der Waals surface area contributed by atoms with E-state index in [1.807, 2.05) is 17.7 Å². The van der Waals surface area contributed by atoms with E-state index in [4.69, 9.17) is 0 Å². The number of nitrogens with one attached hydrogen (secondary N) is 1. The molecule has 1 amide bonds. The first-order valence-electron chi connectivity index (χ1n) is 6.82. The molecule has 0 aliphatic carbocycles. The van der Waals surface area contributed by atoms with Crippen LogP contribution >= 0.6 is 0 Å². The van der Waals surface area contributed by atoms with Gasteiger partial charge in [-0.05, 0) is 31.4 Å². The normalized spacial score (nSPS) is 10.8. The van der Waals surface area contributed by atoms with Gasteiger partial charge in [0.15, 0.2) is 0 Å². The van der Waals surface area contributed by atoms with Crippen molar-refractivity contribution in [2.75, 3.05) is 5.32 Å². The summed E-state index contributed by atoms with van der Waals surface area (Å²) in [5.74, 6) is 1.16. The van der Waals surface area contributed by atoms with Gasteiger partial charge in [-0.3, -0.25) is 9.78 Å². The number of carbonyl (C=O) groups excluding carboxylic acids is 1. The van der Waals surface area contributed by atoms with Gasteiger partial charge in [0.25, 0.3) is 5.91 Å². The van der Waals surface area contributed by atoms with Crippen molar-refractivity contribution < 1.29 is 4.79 Å². The summed E-state index contributed by atoms with van der Waals surface area (Å²) < 4.78 is 1.82. The van der Waals surface area contributed by atoms with E-state index in [9.17, 15) is 4.79 Å². The number of aromatic nitrogens is 3. The monoisotopic (exact) mass is 272 g/mol. The number of anilines is 1. The van der Waals surface area contributed by atoms with Gasteiger partial charge in [-0.25, -0.2) is 4.68 Å². The van der Waals surface area contributed by atoms with Crippen LogP contribution in [-0.2, 0) is 6.54 Å². The van der Waals surface area contributed by atoms with Crippen LogP contribution in [0.15, 0.2) is 30.6 Å². The Hall–Kier alpha value is -2.17. The Morgan fingerprint density at radius 3 is 2.80 bits per heavy atom. The zero-order valence-corrected chi connectivity index (χ0v) is 12.1. The second-order valence-corrected chi connectivity index (χ2v) is 5.26. The van der Waals surface area contributed by atoms with E-state index in [1.54, 1.807) is 24.5 Å². The van der Waals surface area contributed by atoms with Crippen molar-refractivity contribution in [2.45, 2.75) is 33.7 Å². The molecule has 2 aromatic rings. The number of aryl methyl sites for hydroxylation is 2. The van der Waals surface area contributed by atoms with Gasteiger partial charge in [-0.2, -0.15) is 5.10 Å². The van der Waals surface area contributed by atoms with Crippen LogP contribution in [0.5, 0.6) is 0 Å². The molecule has 0 spiro atoms. The summed E-state index contributed by atoms with van der Waals surface area (Å²) in [5, 5.41) is 7.11. The maximum atomic E-state index is 12.1. The van der Waals surface area contributed by atoms with E-state index in [0.717, 1.165) is 24.5 Å². The molecule has 5 nitrogen and oxygen atoms in total. The van der Waals surface area contributed by atoms with E-state index in [1.165, 1.54) is 0 Å². The van der Waals surface area contributed by atoms with Crippen molar-refractivity contribution in [1.82, 2.24) is 14.8 Å². The van der Waals surface area contributed by atoms with Crippen molar-refractivity contribution in [1.29, 1.82) is 0 Å². The minimum atomic E-state index is -0.163. The SMILES string of the molecule is Cc1ccc(C(=O)Nc2ccnn2CCC(C)C)cn1. The number of amides is 1. The largest absolute Gasteiger partial charge is 0.307 e. The highest BCUT2D eigenvalue weighted by Gasteiger charge is 2.10. The summed E-state index contributed by atoms with van der Waals surface area (Å²) in [6, 6.07) is 5.40. The van der Waals surface area contributed by atoms with Gasteiger partial charge in [-0.1, -0.05) is 13.8 Å². The summed E-state index contributed by atoms with van der Waals surface area (Å²) in [5.41, 5.74) is 1.44. The highest BCUT2D eigenvalue weighted by molar-refractivity contribution is 6.03. The topological polar surface area (TPSA) is 59.8 Å². The summed E-state index contributed by atoms with van der Waals surface area (Å²) in [6.45, 7) is 7.02. The molecule has 5 heteroatoms. The molecule has 0 fully saturated rings. The first kappa shape index (κ1) is 14.2. The van der Waals surface area contributed by atoms with E-state index in [2.05, 4.69) is 29.2 Å². The number of rotatable bonds is 5. The molecular formula is C15H20N4O. The van der Waals surface area contributed by atoms with Crippen LogP contribution in [-0.4, -0.2) is 20.7 Å². The molecule has 0 bridgehead atoms. The predicted molar refractivity (Wildman–Crippen MR) is 78.6 cm³/mol. The summed E-state index contributed by atoms with van der Waals surface area (Å²) in [4.78, 5) is 16.2. The van der Waals surface area contributed by atoms with Crippen LogP contribution in [0.4, 0.5) is 5.82 Å². The quantitative estimate of drug-likeness (QED) is 0.910. The van der Waals surface area contributed by atoms with E-state index in [0.29, 0.717) is 11.5 Å². The Morgan fingerprint density at radius 2 is 2.15 bits per heavy atom. The lowest BCUT2D eigenvalue weighted by molar-refractivity contribution is 0.102. The molecule has 0 aromatic carbocycles. The molecular weight excluding hydrogens is 252 g/mol. The smallest absolute Gasteiger partial charge is 0.258 e. The number of carbonyl (C=O) groups is 1. The lowest BCUT2D eigenvalue weighted by Gasteiger charge is -2.10. The van der Waals surface area contributed by atoms with E-state index in [-0.39, 0.29) is 5.91 Å². The van der Waals surface area contributed by atoms with Gasteiger partial charge < -0.3 is 5.32 Å². The molecule has 0 aliphatic heterocycles. The fourth-order valence-corrected chi connectivity index (χ4v) is 1.79. The van der Waals surface area contributed by atoms with Crippen molar-refractivity contribution in [3.8, 4) is 0 Å². The van der Waals surface area contributed by atoms with Gasteiger partial charge >= 0.3 is 0 Å². The third-order valence-corrected chi connectivity index (χ3v) is 3.05. The molecule has 1 N–H and O–H groups in total. The van der Waals surface area contributed by atoms with Crippen molar-refractivity contribution in [3.05, 3.63) is 41.9 Å². The van der Waals surface area contributed by atoms with Gasteiger partial charge in [0.2, 0.25) is 0 Å². The standard InChI is InChI=1S/C15H20N4O/c1-11(2)7-9-19-14(6-8-17-19)18-15(20)13-5-4-12(3)16-10-13/h4-6,8,10-11H,7,9H2,1-3H3,(H,18,20). The van der Waals surface area contributed by atoms with Crippen LogP contribution in [0, 0.1) is 12.8 Å². The Morgan fingerprint density at radius 1 is 1.35 bits per heavy atom. The van der Waals surface area contributed by atoms with Crippen molar-refractivity contribution in [2.24, 2.45) is 5.92 Å². The maximum absolute atomic E-state index is 12.1. The van der Waals surface area contributed by atoms with Crippen LogP contribution in [0.25, 0.3) is 0 Å². The van der Waals surface area contributed by atoms with Crippen LogP contribution in [0.3, 0.4) is 0 Å². The van der Waals surface area contributed by atoms with Crippen LogP contribution in [0.1, 0.15) is 36.3 Å². The molecule has 106 valence electrons. The highest BCUT2D eigenvalue weighted by atomic mass is 16.1. The first-order valence-corrected chi connectivity index (χ1v) is 6.82. The lowest BCUT2D eigenvalue weighted by atomic mass is 10.1. The zero-order chi connectivity index (χ0) is 14.5. The van der Waals surface area contributed by atoms with Gasteiger partial charge in [0, 0.05) is 24.5 Å². The van der Waals surface area contributed by atoms with Crippen molar-refractivity contribution >= 4 is 11.7 Å². The third kappa shape index (κ3) is 3.66. The van der Waals surface area contributed by atoms with Crippen LogP contribution in [0.2, 0.25) is 0 Å². The average molecular weight is 272 g/mol. The fraction of sp³-hybridized carbons (Fsp3) is 0.400. The summed E-state index contributed by atoms with van der Waals surface area (Å²) >= 11 is 0. The minimum absolute atomic E-state index is 0.163. The Labute approximate surface area is 119 Å². The fourth-order valence-electron chi connectivity index (χ4n) is 1.79. The second kappa shape index (κ2) is 6.32. The highest BCUT2D eigenvalue weighted by Crippen LogP contribution is 2.11. The summed E-state index contributed by atoms with van der Waals surface area (Å²) in [7, 11) is 0. The molecule has 0 saturated heterocycles. The lowest BCUT2D eigenvalue weighted by Crippen LogP contribution is -2.16. The molecule has 2 aromatic heterocycles. The van der Waals surface area contributed by atoms with Gasteiger partial charge in [0.05, 0.1) is 11.8 Å².